The number of hydrogen-bond donors (Lipinski definition) is 2. The molecule has 0 radical (unpaired) electrons. The summed E-state index contributed by atoms with van der Waals surface area (Å²) in [5.41, 5.74) is 6.10. The number of fused-ring (bicyclic) bond motifs is 1. The van der Waals surface area contributed by atoms with E-state index in [1.165, 1.54) is 103 Å². The Morgan fingerprint density at radius 1 is 0.448 bits per heavy atom. The fourth-order valence-corrected chi connectivity index (χ4v) is 20.2. The minimum absolute atomic E-state index is 0.150. The Hall–Kier alpha value is -2.62. The van der Waals surface area contributed by atoms with Gasteiger partial charge in [-0.2, -0.15) is 0 Å². The number of unbranched alkanes of at least 4 members (excludes halogenated alkanes) is 8. The fourth-order valence-electron chi connectivity index (χ4n) is 9.66. The van der Waals surface area contributed by atoms with E-state index in [1.54, 1.807) is 61.4 Å². The van der Waals surface area contributed by atoms with Gasteiger partial charge in [-0.05, 0) is 117 Å². The molecule has 4 rings (SSSR count). The monoisotopic (exact) mass is 959 g/mol. The molecule has 0 aliphatic heterocycles. The lowest BCUT2D eigenvalue weighted by atomic mass is 9.92. The van der Waals surface area contributed by atoms with Crippen molar-refractivity contribution in [2.75, 3.05) is 49.3 Å². The lowest BCUT2D eigenvalue weighted by Crippen LogP contribution is -2.50. The highest BCUT2D eigenvalue weighted by molar-refractivity contribution is 7.76. The Kier molecular flexibility index (Phi) is 30.6. The zero-order valence-electron chi connectivity index (χ0n) is 44.7. The molecule has 4 aromatic rings. The van der Waals surface area contributed by atoms with E-state index in [9.17, 15) is 20.3 Å². The molecule has 0 saturated heterocycles. The highest BCUT2D eigenvalue weighted by atomic mass is 31.2. The maximum absolute atomic E-state index is 11.5. The maximum Gasteiger partial charge on any atom is 0.133 e. The van der Waals surface area contributed by atoms with Gasteiger partial charge in [0, 0.05) is 32.8 Å². The number of benzene rings is 4. The van der Waals surface area contributed by atoms with Crippen LogP contribution in [0.4, 0.5) is 0 Å². The van der Waals surface area contributed by atoms with Crippen LogP contribution < -0.4 is 14.7 Å². The van der Waals surface area contributed by atoms with E-state index in [2.05, 4.69) is 55.4 Å². The molecule has 0 aliphatic rings. The minimum Gasteiger partial charge on any atom is -0.860 e. The molecule has 0 spiro atoms. The number of hydrogen-bond acceptors (Lipinski definition) is 5. The van der Waals surface area contributed by atoms with Crippen molar-refractivity contribution in [3.8, 4) is 17.2 Å². The van der Waals surface area contributed by atoms with Gasteiger partial charge >= 0.3 is 0 Å². The third-order valence-corrected chi connectivity index (χ3v) is 23.9. The molecular weight excluding hydrogens is 861 g/mol. The summed E-state index contributed by atoms with van der Waals surface area (Å²) < 4.78 is 5.24. The Morgan fingerprint density at radius 3 is 1.15 bits per heavy atom. The van der Waals surface area contributed by atoms with Gasteiger partial charge in [0.15, 0.2) is 0 Å². The van der Waals surface area contributed by atoms with Crippen LogP contribution >= 0.6 is 14.5 Å². The first-order chi connectivity index (χ1) is 32.2. The lowest BCUT2D eigenvalue weighted by Gasteiger charge is -2.30. The molecule has 0 aliphatic carbocycles. The number of phenolic OH excluding ortho intramolecular Hbond substituents is 2. The second-order valence-corrected chi connectivity index (χ2v) is 28.8. The topological polar surface area (TPSA) is 95.8 Å². The van der Waals surface area contributed by atoms with E-state index in [0.717, 1.165) is 33.2 Å². The second kappa shape index (κ2) is 33.8. The molecule has 0 atom stereocenters. The summed E-state index contributed by atoms with van der Waals surface area (Å²) in [6.45, 7) is 24.7. The predicted molar refractivity (Wildman–Crippen MR) is 298 cm³/mol. The summed E-state index contributed by atoms with van der Waals surface area (Å²) in [4.78, 5) is 0. The third kappa shape index (κ3) is 21.9. The van der Waals surface area contributed by atoms with Crippen molar-refractivity contribution in [3.63, 3.8) is 0 Å². The number of aryl methyl sites for hydroxylation is 3. The number of rotatable bonds is 30. The molecule has 4 aromatic carbocycles. The van der Waals surface area contributed by atoms with Gasteiger partial charge in [0.1, 0.15) is 24.6 Å². The summed E-state index contributed by atoms with van der Waals surface area (Å²) in [5.74, 6) is 0.652. The van der Waals surface area contributed by atoms with Gasteiger partial charge in [-0.25, -0.2) is 0 Å². The number of phenols is 2. The van der Waals surface area contributed by atoms with Crippen molar-refractivity contribution in [3.05, 3.63) is 99.6 Å². The van der Waals surface area contributed by atoms with Gasteiger partial charge in [-0.15, -0.1) is 0 Å². The van der Waals surface area contributed by atoms with Crippen LogP contribution in [0.1, 0.15) is 197 Å². The van der Waals surface area contributed by atoms with Gasteiger partial charge in [-0.1, -0.05) is 166 Å². The molecule has 0 saturated carbocycles. The van der Waals surface area contributed by atoms with Gasteiger partial charge in [-0.3, -0.25) is 0 Å². The smallest absolute Gasteiger partial charge is 0.133 e. The van der Waals surface area contributed by atoms with E-state index >= 15 is 0 Å². The summed E-state index contributed by atoms with van der Waals surface area (Å²) in [6, 6.07) is 18.6. The Morgan fingerprint density at radius 2 is 0.806 bits per heavy atom. The summed E-state index contributed by atoms with van der Waals surface area (Å²) >= 11 is 0. The van der Waals surface area contributed by atoms with Crippen LogP contribution in [-0.2, 0) is 12.8 Å². The SMILES string of the molecule is CCCC[P+](CCCC)(CCCC)CCCC.CCCC[P+](CCCC)(CCCC)CCCC.Cc1ccc(O)c(Cc2cc(C)c3c(OB([O-])[O-])c(Cc4cc(C)ccc4O)ccc3c2)c1. The predicted octanol–water partition coefficient (Wildman–Crippen LogP) is 15.9. The van der Waals surface area contributed by atoms with Crippen molar-refractivity contribution in [1.29, 1.82) is 0 Å². The molecule has 5 nitrogen and oxygen atoms in total. The van der Waals surface area contributed by atoms with Crippen molar-refractivity contribution in [1.82, 2.24) is 0 Å². The summed E-state index contributed by atoms with van der Waals surface area (Å²) in [6.07, 6.45) is 36.8. The Bertz CT molecular complexity index is 1840. The molecule has 0 aromatic heterocycles. The largest absolute Gasteiger partial charge is 0.860 e. The fraction of sp³-hybridized carbons (Fsp3) is 0.627. The van der Waals surface area contributed by atoms with Gasteiger partial charge in [0.25, 0.3) is 0 Å². The molecule has 0 heterocycles. The average molecular weight is 959 g/mol. The maximum atomic E-state index is 11.5. The normalized spacial score (nSPS) is 11.5. The molecule has 0 unspecified atom stereocenters. The van der Waals surface area contributed by atoms with Crippen LogP contribution in [-0.4, -0.2) is 66.8 Å². The quantitative estimate of drug-likeness (QED) is 0.0401. The van der Waals surface area contributed by atoms with E-state index < -0.39 is 21.8 Å². The van der Waals surface area contributed by atoms with E-state index in [-0.39, 0.29) is 17.2 Å². The van der Waals surface area contributed by atoms with Crippen LogP contribution in [0.25, 0.3) is 10.8 Å². The van der Waals surface area contributed by atoms with Crippen molar-refractivity contribution < 1.29 is 24.9 Å². The van der Waals surface area contributed by atoms with Crippen LogP contribution in [0.5, 0.6) is 17.2 Å². The minimum atomic E-state index is -2.47. The highest BCUT2D eigenvalue weighted by Crippen LogP contribution is 2.62. The lowest BCUT2D eigenvalue weighted by molar-refractivity contribution is -0.372. The second-order valence-electron chi connectivity index (χ2n) is 19.9. The van der Waals surface area contributed by atoms with E-state index in [4.69, 9.17) is 4.65 Å². The molecule has 2 N–H and O–H groups in total. The molecular formula is C59H97BO5P2. The third-order valence-electron chi connectivity index (χ3n) is 13.8. The Labute approximate surface area is 413 Å². The van der Waals surface area contributed by atoms with Gasteiger partial charge < -0.3 is 24.9 Å². The van der Waals surface area contributed by atoms with Crippen LogP contribution in [0, 0.1) is 20.8 Å². The summed E-state index contributed by atoms with van der Waals surface area (Å²) in [5, 5.41) is 45.0. The molecule has 0 bridgehead atoms. The van der Waals surface area contributed by atoms with Crippen molar-refractivity contribution in [2.24, 2.45) is 0 Å². The van der Waals surface area contributed by atoms with Crippen molar-refractivity contribution in [2.45, 2.75) is 192 Å². The average Bonchev–Trinajstić information content (AvgIpc) is 3.31. The van der Waals surface area contributed by atoms with Crippen LogP contribution in [0.15, 0.2) is 60.7 Å². The Balaban J connectivity index is 0.000000385. The first-order valence-electron chi connectivity index (χ1n) is 27.0. The first-order valence-corrected chi connectivity index (χ1v) is 32.1. The van der Waals surface area contributed by atoms with Gasteiger partial charge in [0.05, 0.1) is 49.3 Å². The standard InChI is InChI=1S/C27H25BO5.2C16H36P/c1-16-4-8-24(29)22(10-16)14-19-12-18(3)26-20(13-19)6-7-21(27(26)33-28(31)32)15-23-11-17(2)5-9-25(23)30;2*1-5-9-13-17(14-10-6-2,15-11-7-3)16-12-8-4/h4-13,29-30H,14-15H2,1-3H3;2*5-16H2,1-4H3/q-2;2*+1. The highest BCUT2D eigenvalue weighted by Gasteiger charge is 2.35. The first kappa shape index (κ1) is 60.5. The van der Waals surface area contributed by atoms with Crippen LogP contribution in [0.2, 0.25) is 0 Å². The number of aromatic hydroxyl groups is 2. The molecule has 0 amide bonds. The molecule has 376 valence electrons. The zero-order chi connectivity index (χ0) is 49.7. The summed E-state index contributed by atoms with van der Waals surface area (Å²) in [7, 11) is -3.59. The van der Waals surface area contributed by atoms with Gasteiger partial charge in [0.2, 0.25) is 0 Å². The van der Waals surface area contributed by atoms with E-state index in [1.807, 2.05) is 69.3 Å². The molecule has 67 heavy (non-hydrogen) atoms. The van der Waals surface area contributed by atoms with Crippen LogP contribution in [0.3, 0.4) is 0 Å². The zero-order valence-corrected chi connectivity index (χ0v) is 46.5. The molecule has 8 heteroatoms. The molecule has 0 fully saturated rings. The van der Waals surface area contributed by atoms with Crippen molar-refractivity contribution >= 4 is 32.6 Å². The van der Waals surface area contributed by atoms with E-state index in [0.29, 0.717) is 29.4 Å².